The molecule has 6 rings (SSSR count). The molecule has 1 aromatic heterocycles. The van der Waals surface area contributed by atoms with Crippen LogP contribution in [0.1, 0.15) is 82.0 Å². The third-order valence-electron chi connectivity index (χ3n) is 9.56. The van der Waals surface area contributed by atoms with E-state index in [0.717, 1.165) is 70.5 Å². The fraction of sp³-hybridized carbons (Fsp3) is 0.457. The van der Waals surface area contributed by atoms with Crippen molar-refractivity contribution in [3.05, 3.63) is 81.0 Å². The fourth-order valence-electron chi connectivity index (χ4n) is 7.10. The molecule has 2 amide bonds. The van der Waals surface area contributed by atoms with Gasteiger partial charge in [0.15, 0.2) is 11.5 Å². The van der Waals surface area contributed by atoms with E-state index in [1.807, 2.05) is 75.9 Å². The van der Waals surface area contributed by atoms with Gasteiger partial charge in [0, 0.05) is 47.8 Å². The molecule has 1 saturated carbocycles. The molecule has 2 aromatic carbocycles. The first-order valence-corrected chi connectivity index (χ1v) is 15.5. The van der Waals surface area contributed by atoms with Gasteiger partial charge in [-0.1, -0.05) is 30.3 Å². The maximum Gasteiger partial charge on any atom is 0.404 e. The van der Waals surface area contributed by atoms with Crippen LogP contribution in [0, 0.1) is 33.6 Å². The Labute approximate surface area is 258 Å². The molecule has 3 heterocycles. The summed E-state index contributed by atoms with van der Waals surface area (Å²) in [5.41, 5.74) is 7.36. The zero-order chi connectivity index (χ0) is 31.2. The normalized spacial score (nSPS) is 22.5. The van der Waals surface area contributed by atoms with Crippen LogP contribution in [0.4, 0.5) is 4.79 Å². The minimum atomic E-state index is -0.985. The number of carboxylic acid groups (broad SMARTS) is 1. The van der Waals surface area contributed by atoms with E-state index < -0.39 is 11.9 Å². The third-order valence-corrected chi connectivity index (χ3v) is 9.56. The first-order valence-electron chi connectivity index (χ1n) is 15.5. The second kappa shape index (κ2) is 11.7. The lowest BCUT2D eigenvalue weighted by molar-refractivity contribution is -0.121. The fourth-order valence-corrected chi connectivity index (χ4v) is 7.10. The number of hydrogen-bond acceptors (Lipinski definition) is 6. The molecule has 232 valence electrons. The first-order chi connectivity index (χ1) is 21.0. The summed E-state index contributed by atoms with van der Waals surface area (Å²) in [6.45, 7) is 11.3. The van der Waals surface area contributed by atoms with Gasteiger partial charge in [-0.05, 0) is 88.1 Å². The van der Waals surface area contributed by atoms with E-state index in [4.69, 9.17) is 24.3 Å². The van der Waals surface area contributed by atoms with Gasteiger partial charge in [0.2, 0.25) is 5.88 Å². The molecule has 2 N–H and O–H groups in total. The molecule has 0 bridgehead atoms. The number of rotatable bonds is 7. The van der Waals surface area contributed by atoms with E-state index in [0.29, 0.717) is 43.3 Å². The molecule has 0 radical (unpaired) electrons. The molecule has 1 fully saturated rings. The Morgan fingerprint density at radius 1 is 1.07 bits per heavy atom. The SMILES string of the molecule is Cc1cc(C)c(CN2CCc3c(C)c4c(c(C)c3C2=O)OC(C)(C2CCC(NC(=O)O)CC2)O4)c(OCc2ccccc2)n1. The van der Waals surface area contributed by atoms with Crippen molar-refractivity contribution in [1.29, 1.82) is 0 Å². The summed E-state index contributed by atoms with van der Waals surface area (Å²) in [5, 5.41) is 11.7. The summed E-state index contributed by atoms with van der Waals surface area (Å²) in [6.07, 6.45) is 2.78. The number of carbonyl (C=O) groups excluding carboxylic acids is 1. The smallest absolute Gasteiger partial charge is 0.404 e. The Bertz CT molecular complexity index is 1600. The number of nitrogens with zero attached hydrogens (tertiary/aromatic N) is 2. The summed E-state index contributed by atoms with van der Waals surface area (Å²) in [6, 6.07) is 12.0. The van der Waals surface area contributed by atoms with Gasteiger partial charge >= 0.3 is 6.09 Å². The summed E-state index contributed by atoms with van der Waals surface area (Å²) >= 11 is 0. The molecule has 3 aliphatic rings. The molecule has 1 aliphatic carbocycles. The van der Waals surface area contributed by atoms with Crippen LogP contribution in [0.5, 0.6) is 17.4 Å². The predicted molar refractivity (Wildman–Crippen MR) is 165 cm³/mol. The van der Waals surface area contributed by atoms with E-state index in [2.05, 4.69) is 5.32 Å². The quantitative estimate of drug-likeness (QED) is 0.323. The molecule has 44 heavy (non-hydrogen) atoms. The van der Waals surface area contributed by atoms with Gasteiger partial charge in [-0.3, -0.25) is 4.79 Å². The Hall–Kier alpha value is -4.27. The van der Waals surface area contributed by atoms with Gasteiger partial charge in [-0.25, -0.2) is 9.78 Å². The van der Waals surface area contributed by atoms with Crippen LogP contribution in [0.15, 0.2) is 36.4 Å². The van der Waals surface area contributed by atoms with Gasteiger partial charge < -0.3 is 29.5 Å². The van der Waals surface area contributed by atoms with Crippen LogP contribution in [-0.2, 0) is 19.6 Å². The number of hydrogen-bond donors (Lipinski definition) is 2. The highest BCUT2D eigenvalue weighted by molar-refractivity contribution is 6.00. The number of fused-ring (bicyclic) bond motifs is 2. The van der Waals surface area contributed by atoms with Crippen LogP contribution < -0.4 is 19.5 Å². The minimum absolute atomic E-state index is 0.0268. The highest BCUT2D eigenvalue weighted by Crippen LogP contribution is 2.52. The second-order valence-electron chi connectivity index (χ2n) is 12.6. The monoisotopic (exact) mass is 599 g/mol. The highest BCUT2D eigenvalue weighted by Gasteiger charge is 2.48. The second-order valence-corrected chi connectivity index (χ2v) is 12.6. The Kier molecular flexibility index (Phi) is 7.90. The number of aromatic nitrogens is 1. The van der Waals surface area contributed by atoms with Crippen molar-refractivity contribution in [3.63, 3.8) is 0 Å². The third kappa shape index (κ3) is 5.55. The summed E-state index contributed by atoms with van der Waals surface area (Å²) < 4.78 is 19.4. The van der Waals surface area contributed by atoms with Crippen LogP contribution >= 0.6 is 0 Å². The maximum atomic E-state index is 14.2. The molecule has 1 atom stereocenters. The van der Waals surface area contributed by atoms with Crippen molar-refractivity contribution in [3.8, 4) is 17.4 Å². The molecule has 3 aromatic rings. The number of carbonyl (C=O) groups is 2. The predicted octanol–water partition coefficient (Wildman–Crippen LogP) is 6.41. The van der Waals surface area contributed by atoms with Crippen LogP contribution in [0.3, 0.4) is 0 Å². The Morgan fingerprint density at radius 3 is 2.43 bits per heavy atom. The standard InChI is InChI=1S/C35H41N3O6/c1-20-17-21(2)36-32(42-19-24-9-7-6-8-10-24)28(20)18-38-16-15-27-22(3)30-31(23(4)29(27)33(38)39)44-35(5,43-30)25-11-13-26(14-12-25)37-34(40)41/h6-10,17,25-26,37H,11-16,18-19H2,1-5H3,(H,40,41). The van der Waals surface area contributed by atoms with Crippen LogP contribution in [-0.4, -0.2) is 45.4 Å². The maximum absolute atomic E-state index is 14.2. The lowest BCUT2D eigenvalue weighted by Crippen LogP contribution is -2.47. The van der Waals surface area contributed by atoms with Crippen molar-refractivity contribution in [2.45, 2.75) is 91.7 Å². The Balaban J connectivity index is 1.23. The molecule has 0 saturated heterocycles. The van der Waals surface area contributed by atoms with Crippen molar-refractivity contribution in [1.82, 2.24) is 15.2 Å². The average Bonchev–Trinajstić information content (AvgIpc) is 3.37. The first kappa shape index (κ1) is 29.8. The zero-order valence-electron chi connectivity index (χ0n) is 26.2. The molecule has 9 nitrogen and oxygen atoms in total. The van der Waals surface area contributed by atoms with Crippen LogP contribution in [0.25, 0.3) is 0 Å². The number of nitrogens with one attached hydrogen (secondary N) is 1. The van der Waals surface area contributed by atoms with E-state index in [9.17, 15) is 9.59 Å². The van der Waals surface area contributed by atoms with Crippen LogP contribution in [0.2, 0.25) is 0 Å². The molecule has 1 unspecified atom stereocenters. The summed E-state index contributed by atoms with van der Waals surface area (Å²) in [4.78, 5) is 31.9. The zero-order valence-corrected chi connectivity index (χ0v) is 26.2. The average molecular weight is 600 g/mol. The van der Waals surface area contributed by atoms with Crippen molar-refractivity contribution in [2.24, 2.45) is 5.92 Å². The minimum Gasteiger partial charge on any atom is -0.473 e. The van der Waals surface area contributed by atoms with Gasteiger partial charge in [0.25, 0.3) is 11.7 Å². The molecular formula is C35H41N3O6. The van der Waals surface area contributed by atoms with Gasteiger partial charge in [0.1, 0.15) is 6.61 Å². The van der Waals surface area contributed by atoms with Crippen molar-refractivity contribution >= 4 is 12.0 Å². The van der Waals surface area contributed by atoms with E-state index in [-0.39, 0.29) is 17.9 Å². The van der Waals surface area contributed by atoms with Gasteiger partial charge in [-0.15, -0.1) is 0 Å². The summed E-state index contributed by atoms with van der Waals surface area (Å²) in [7, 11) is 0. The molecule has 9 heteroatoms. The summed E-state index contributed by atoms with van der Waals surface area (Å²) in [5.74, 6) is 1.15. The molecule has 0 spiro atoms. The lowest BCUT2D eigenvalue weighted by atomic mass is 9.81. The lowest BCUT2D eigenvalue weighted by Gasteiger charge is -2.37. The Morgan fingerprint density at radius 2 is 1.75 bits per heavy atom. The van der Waals surface area contributed by atoms with E-state index in [1.165, 1.54) is 0 Å². The van der Waals surface area contributed by atoms with E-state index in [1.54, 1.807) is 0 Å². The number of benzene rings is 2. The topological polar surface area (TPSA) is 110 Å². The van der Waals surface area contributed by atoms with Gasteiger partial charge in [0.05, 0.1) is 6.54 Å². The van der Waals surface area contributed by atoms with Gasteiger partial charge in [-0.2, -0.15) is 0 Å². The molecule has 2 aliphatic heterocycles. The largest absolute Gasteiger partial charge is 0.473 e. The van der Waals surface area contributed by atoms with E-state index >= 15 is 0 Å². The number of amides is 2. The van der Waals surface area contributed by atoms with Crippen molar-refractivity contribution < 1.29 is 28.9 Å². The highest BCUT2D eigenvalue weighted by atomic mass is 16.7. The number of ether oxygens (including phenoxy) is 3. The number of aryl methyl sites for hydroxylation is 2. The molecular weight excluding hydrogens is 558 g/mol. The number of pyridine rings is 1. The van der Waals surface area contributed by atoms with Crippen molar-refractivity contribution in [2.75, 3.05) is 6.54 Å².